The molecule has 0 aromatic heterocycles. The molecule has 1 aromatic rings. The highest BCUT2D eigenvalue weighted by molar-refractivity contribution is 5.71. The van der Waals surface area contributed by atoms with Gasteiger partial charge >= 0.3 is 5.97 Å². The van der Waals surface area contributed by atoms with Gasteiger partial charge in [0.25, 0.3) is 0 Å². The number of benzene rings is 1. The Morgan fingerprint density at radius 2 is 1.89 bits per heavy atom. The van der Waals surface area contributed by atoms with Crippen LogP contribution in [0.25, 0.3) is 0 Å². The minimum absolute atomic E-state index is 0.00460. The number of carboxylic acids is 1. The maximum atomic E-state index is 10.9. The first kappa shape index (κ1) is 12.5. The molecule has 1 saturated carbocycles. The van der Waals surface area contributed by atoms with E-state index in [1.54, 1.807) is 12.1 Å². The highest BCUT2D eigenvalue weighted by Crippen LogP contribution is 2.55. The van der Waals surface area contributed by atoms with E-state index in [9.17, 15) is 9.90 Å². The van der Waals surface area contributed by atoms with E-state index in [4.69, 9.17) is 14.6 Å². The fourth-order valence-corrected chi connectivity index (χ4v) is 2.28. The van der Waals surface area contributed by atoms with Gasteiger partial charge in [-0.05, 0) is 18.9 Å². The van der Waals surface area contributed by atoms with Crippen LogP contribution in [0.1, 0.15) is 24.8 Å². The largest absolute Gasteiger partial charge is 0.504 e. The van der Waals surface area contributed by atoms with Crippen molar-refractivity contribution in [2.75, 3.05) is 14.2 Å². The molecular weight excluding hydrogens is 236 g/mol. The summed E-state index contributed by atoms with van der Waals surface area (Å²) in [6, 6.07) is 3.14. The van der Waals surface area contributed by atoms with Gasteiger partial charge in [-0.1, -0.05) is 0 Å². The number of ether oxygens (including phenoxy) is 2. The second-order valence-electron chi connectivity index (χ2n) is 4.58. The van der Waals surface area contributed by atoms with Crippen molar-refractivity contribution in [3.63, 3.8) is 0 Å². The summed E-state index contributed by atoms with van der Waals surface area (Å²) in [7, 11) is 2.98. The standard InChI is InChI=1S/C13H16O5/c1-17-10-6-11(18-2)9(14)5-8(10)13(3-4-13)7-12(15)16/h5-6,14H,3-4,7H2,1-2H3,(H,15,16). The van der Waals surface area contributed by atoms with Gasteiger partial charge in [-0.15, -0.1) is 0 Å². The van der Waals surface area contributed by atoms with Crippen molar-refractivity contribution in [1.82, 2.24) is 0 Å². The molecule has 2 rings (SSSR count). The second-order valence-corrected chi connectivity index (χ2v) is 4.58. The van der Waals surface area contributed by atoms with Gasteiger partial charge in [-0.25, -0.2) is 0 Å². The van der Waals surface area contributed by atoms with Crippen LogP contribution in [0.5, 0.6) is 17.2 Å². The monoisotopic (exact) mass is 252 g/mol. The van der Waals surface area contributed by atoms with Crippen LogP contribution in [-0.2, 0) is 10.2 Å². The van der Waals surface area contributed by atoms with Crippen molar-refractivity contribution in [3.05, 3.63) is 17.7 Å². The molecule has 0 heterocycles. The van der Waals surface area contributed by atoms with Crippen LogP contribution in [0.3, 0.4) is 0 Å². The Kier molecular flexibility index (Phi) is 3.07. The second kappa shape index (κ2) is 4.40. The minimum atomic E-state index is -0.843. The predicted molar refractivity (Wildman–Crippen MR) is 64.4 cm³/mol. The van der Waals surface area contributed by atoms with Crippen LogP contribution in [0.2, 0.25) is 0 Å². The normalized spacial score (nSPS) is 16.1. The average Bonchev–Trinajstić information content (AvgIpc) is 3.08. The van der Waals surface area contributed by atoms with E-state index in [0.717, 1.165) is 18.4 Å². The van der Waals surface area contributed by atoms with Gasteiger partial charge in [0, 0.05) is 17.0 Å². The van der Waals surface area contributed by atoms with Gasteiger partial charge in [0.05, 0.1) is 20.6 Å². The average molecular weight is 252 g/mol. The lowest BCUT2D eigenvalue weighted by atomic mass is 9.91. The zero-order chi connectivity index (χ0) is 13.3. The van der Waals surface area contributed by atoms with Crippen LogP contribution in [0.4, 0.5) is 0 Å². The summed E-state index contributed by atoms with van der Waals surface area (Å²) in [5.74, 6) is 0.0416. The van der Waals surface area contributed by atoms with Crippen molar-refractivity contribution < 1.29 is 24.5 Å². The third kappa shape index (κ3) is 2.08. The fourth-order valence-electron chi connectivity index (χ4n) is 2.28. The lowest BCUT2D eigenvalue weighted by Crippen LogP contribution is -2.14. The number of hydrogen-bond donors (Lipinski definition) is 2. The van der Waals surface area contributed by atoms with E-state index in [2.05, 4.69) is 0 Å². The highest BCUT2D eigenvalue weighted by Gasteiger charge is 2.48. The van der Waals surface area contributed by atoms with E-state index < -0.39 is 11.4 Å². The lowest BCUT2D eigenvalue weighted by molar-refractivity contribution is -0.137. The van der Waals surface area contributed by atoms with Gasteiger partial charge in [0.15, 0.2) is 11.5 Å². The minimum Gasteiger partial charge on any atom is -0.504 e. The zero-order valence-electron chi connectivity index (χ0n) is 10.4. The first-order valence-corrected chi connectivity index (χ1v) is 5.69. The van der Waals surface area contributed by atoms with Crippen molar-refractivity contribution in [1.29, 1.82) is 0 Å². The molecule has 1 fully saturated rings. The number of aliphatic carboxylic acids is 1. The third-order valence-electron chi connectivity index (χ3n) is 3.42. The molecule has 0 saturated heterocycles. The highest BCUT2D eigenvalue weighted by atomic mass is 16.5. The van der Waals surface area contributed by atoms with Crippen LogP contribution >= 0.6 is 0 Å². The molecule has 2 N–H and O–H groups in total. The van der Waals surface area contributed by atoms with E-state index >= 15 is 0 Å². The number of aromatic hydroxyl groups is 1. The Balaban J connectivity index is 2.44. The number of hydrogen-bond acceptors (Lipinski definition) is 4. The molecule has 0 unspecified atom stereocenters. The van der Waals surface area contributed by atoms with E-state index in [1.165, 1.54) is 14.2 Å². The summed E-state index contributed by atoms with van der Waals surface area (Å²) in [5, 5.41) is 18.8. The van der Waals surface area contributed by atoms with Crippen molar-refractivity contribution >= 4 is 5.97 Å². The van der Waals surface area contributed by atoms with Crippen molar-refractivity contribution in [2.45, 2.75) is 24.7 Å². The molecule has 5 heteroatoms. The molecule has 1 aliphatic carbocycles. The summed E-state index contributed by atoms with van der Waals surface area (Å²) in [6.07, 6.45) is 1.64. The molecule has 0 aliphatic heterocycles. The summed E-state index contributed by atoms with van der Waals surface area (Å²) in [6.45, 7) is 0. The molecule has 0 spiro atoms. The van der Waals surface area contributed by atoms with E-state index in [-0.39, 0.29) is 12.2 Å². The van der Waals surface area contributed by atoms with Crippen LogP contribution in [-0.4, -0.2) is 30.4 Å². The Hall–Kier alpha value is -1.91. The van der Waals surface area contributed by atoms with E-state index in [0.29, 0.717) is 11.5 Å². The molecule has 0 radical (unpaired) electrons. The number of phenolic OH excluding ortho intramolecular Hbond substituents is 1. The molecule has 1 aliphatic rings. The number of rotatable bonds is 5. The number of carboxylic acid groups (broad SMARTS) is 1. The van der Waals surface area contributed by atoms with Gasteiger partial charge in [-0.2, -0.15) is 0 Å². The van der Waals surface area contributed by atoms with Crippen LogP contribution < -0.4 is 9.47 Å². The maximum absolute atomic E-state index is 10.9. The summed E-state index contributed by atoms with van der Waals surface area (Å²) in [4.78, 5) is 10.9. The maximum Gasteiger partial charge on any atom is 0.304 e. The molecule has 18 heavy (non-hydrogen) atoms. The molecule has 0 amide bonds. The van der Waals surface area contributed by atoms with E-state index in [1.807, 2.05) is 0 Å². The quantitative estimate of drug-likeness (QED) is 0.837. The number of phenols is 1. The van der Waals surface area contributed by atoms with Gasteiger partial charge in [0.2, 0.25) is 0 Å². The first-order valence-electron chi connectivity index (χ1n) is 5.69. The Labute approximate surface area is 105 Å². The molecule has 98 valence electrons. The number of carbonyl (C=O) groups is 1. The van der Waals surface area contributed by atoms with Crippen LogP contribution in [0.15, 0.2) is 12.1 Å². The number of methoxy groups -OCH3 is 2. The molecule has 0 bridgehead atoms. The topological polar surface area (TPSA) is 76.0 Å². The lowest BCUT2D eigenvalue weighted by Gasteiger charge is -2.18. The smallest absolute Gasteiger partial charge is 0.304 e. The molecule has 0 atom stereocenters. The molecule has 1 aromatic carbocycles. The summed E-state index contributed by atoms with van der Waals surface area (Å²) < 4.78 is 10.3. The third-order valence-corrected chi connectivity index (χ3v) is 3.42. The van der Waals surface area contributed by atoms with Crippen molar-refractivity contribution in [2.24, 2.45) is 0 Å². The van der Waals surface area contributed by atoms with Gasteiger partial charge < -0.3 is 19.7 Å². The van der Waals surface area contributed by atoms with Crippen molar-refractivity contribution in [3.8, 4) is 17.2 Å². The predicted octanol–water partition coefficient (Wildman–Crippen LogP) is 1.92. The van der Waals surface area contributed by atoms with Gasteiger partial charge in [-0.3, -0.25) is 4.79 Å². The zero-order valence-corrected chi connectivity index (χ0v) is 10.4. The Morgan fingerprint density at radius 1 is 1.28 bits per heavy atom. The SMILES string of the molecule is COc1cc(OC)c(C2(CC(=O)O)CC2)cc1O. The Morgan fingerprint density at radius 3 is 2.33 bits per heavy atom. The van der Waals surface area contributed by atoms with Gasteiger partial charge in [0.1, 0.15) is 5.75 Å². The summed E-state index contributed by atoms with van der Waals surface area (Å²) >= 11 is 0. The Bertz CT molecular complexity index is 477. The first-order chi connectivity index (χ1) is 8.52. The summed E-state index contributed by atoms with van der Waals surface area (Å²) in [5.41, 5.74) is 0.340. The molecule has 5 nitrogen and oxygen atoms in total. The van der Waals surface area contributed by atoms with Crippen LogP contribution in [0, 0.1) is 0 Å². The fraction of sp³-hybridized carbons (Fsp3) is 0.462. The molecular formula is C13H16O5.